The summed E-state index contributed by atoms with van der Waals surface area (Å²) in [6, 6.07) is 41.7. The summed E-state index contributed by atoms with van der Waals surface area (Å²) in [5, 5.41) is 5.64. The van der Waals surface area contributed by atoms with Crippen LogP contribution in [0.3, 0.4) is 0 Å². The van der Waals surface area contributed by atoms with Crippen molar-refractivity contribution in [3.8, 4) is 22.3 Å². The van der Waals surface area contributed by atoms with E-state index in [1.165, 1.54) is 156 Å². The van der Waals surface area contributed by atoms with E-state index in [0.29, 0.717) is 0 Å². The predicted octanol–water partition coefficient (Wildman–Crippen LogP) is 10.9. The van der Waals surface area contributed by atoms with E-state index in [2.05, 4.69) is 164 Å². The Hall–Kier alpha value is -2.22. The van der Waals surface area contributed by atoms with Crippen molar-refractivity contribution in [1.82, 2.24) is 0 Å². The molecule has 2 aliphatic rings. The van der Waals surface area contributed by atoms with Crippen LogP contribution in [0.25, 0.3) is 43.8 Å². The van der Waals surface area contributed by atoms with Crippen LogP contribution in [0.2, 0.25) is 13.1 Å². The molecule has 2 fully saturated rings. The fourth-order valence-electron chi connectivity index (χ4n) is 9.44. The van der Waals surface area contributed by atoms with E-state index < -0.39 is 0 Å². The first-order valence-corrected chi connectivity index (χ1v) is 29.0. The number of hydrogen-bond acceptors (Lipinski definition) is 0. The van der Waals surface area contributed by atoms with Crippen molar-refractivity contribution in [3.63, 3.8) is 0 Å². The minimum Gasteiger partial charge on any atom is -1.00 e. The van der Waals surface area contributed by atoms with Crippen molar-refractivity contribution < 1.29 is 48.1 Å². The SMILES string of the molecule is CC(C)(C)c1ccc(-c2cccc3[cH-]c(CC4CCCCCC4)cc23)cc1.CC(C)(C)c1ccc(-c2cccc3[cH-]c(CC4CCCCCC4)cc23)cc1.C[Si](C)=[Zr+2].[Cl-].[Cl-]. The third-order valence-electron chi connectivity index (χ3n) is 12.7. The zero-order chi connectivity index (χ0) is 41.3. The van der Waals surface area contributed by atoms with E-state index in [0.717, 1.165) is 11.8 Å². The first kappa shape index (κ1) is 50.4. The minimum absolute atomic E-state index is 0. The Bertz CT molecular complexity index is 2030. The summed E-state index contributed by atoms with van der Waals surface area (Å²) in [6.45, 7) is 18.3. The zero-order valence-electron chi connectivity index (χ0n) is 38.2. The molecule has 60 heavy (non-hydrogen) atoms. The van der Waals surface area contributed by atoms with E-state index in [-0.39, 0.29) is 41.1 Å². The van der Waals surface area contributed by atoms with Gasteiger partial charge in [0.15, 0.2) is 0 Å². The molecule has 0 amide bonds. The van der Waals surface area contributed by atoms with Crippen molar-refractivity contribution in [2.75, 3.05) is 0 Å². The van der Waals surface area contributed by atoms with Crippen LogP contribution < -0.4 is 24.8 Å². The summed E-state index contributed by atoms with van der Waals surface area (Å²) in [5.41, 5.74) is 11.9. The molecule has 2 saturated carbocycles. The number of hydrogen-bond donors (Lipinski definition) is 0. The van der Waals surface area contributed by atoms with Crippen LogP contribution in [0.5, 0.6) is 0 Å². The minimum atomic E-state index is 0. The summed E-state index contributed by atoms with van der Waals surface area (Å²) in [5.74, 6) is 1.78. The summed E-state index contributed by atoms with van der Waals surface area (Å²) in [7, 11) is 0. The maximum atomic E-state index is 2.47. The van der Waals surface area contributed by atoms with E-state index in [1.807, 2.05) is 0 Å². The van der Waals surface area contributed by atoms with Crippen molar-refractivity contribution in [2.24, 2.45) is 11.8 Å². The van der Waals surface area contributed by atoms with E-state index >= 15 is 0 Å². The van der Waals surface area contributed by atoms with Gasteiger partial charge in [-0.05, 0) is 57.8 Å². The summed E-state index contributed by atoms with van der Waals surface area (Å²) in [4.78, 5) is 0. The molecule has 320 valence electrons. The summed E-state index contributed by atoms with van der Waals surface area (Å²) < 4.78 is 0. The molecule has 4 heteroatoms. The maximum absolute atomic E-state index is 2.47. The number of rotatable bonds is 6. The molecule has 0 bridgehead atoms. The van der Waals surface area contributed by atoms with Gasteiger partial charge in [0.25, 0.3) is 0 Å². The third kappa shape index (κ3) is 14.4. The van der Waals surface area contributed by atoms with Gasteiger partial charge in [0.05, 0.1) is 0 Å². The van der Waals surface area contributed by atoms with E-state index in [9.17, 15) is 0 Å². The second-order valence-electron chi connectivity index (χ2n) is 20.1. The van der Waals surface area contributed by atoms with Crippen LogP contribution in [0, 0.1) is 11.8 Å². The van der Waals surface area contributed by atoms with Crippen LogP contribution in [0.1, 0.15) is 141 Å². The molecule has 0 heterocycles. The molecule has 0 atom stereocenters. The Morgan fingerprint density at radius 1 is 0.500 bits per heavy atom. The molecular weight excluding hydrogens is 863 g/mol. The topological polar surface area (TPSA) is 0 Å². The van der Waals surface area contributed by atoms with Gasteiger partial charge in [-0.3, -0.25) is 0 Å². The molecule has 6 aromatic carbocycles. The van der Waals surface area contributed by atoms with Gasteiger partial charge in [0, 0.05) is 0 Å². The first-order chi connectivity index (χ1) is 27.7. The van der Waals surface area contributed by atoms with Gasteiger partial charge in [0.1, 0.15) is 0 Å². The molecule has 0 nitrogen and oxygen atoms in total. The molecule has 0 saturated heterocycles. The van der Waals surface area contributed by atoms with Crippen molar-refractivity contribution in [1.29, 1.82) is 0 Å². The number of halogens is 2. The third-order valence-corrected chi connectivity index (χ3v) is 12.7. The standard InChI is InChI=1S/2C27H33.C2H6Si.2ClH.Zr/c2*1-27(2,3)24-15-13-22(14-16-24)25-12-8-11-23-18-21(19-26(23)25)17-20-9-6-4-5-7-10-20;1-3-2;;;/h2*8,11-16,18-20H,4-7,9-10,17H2,1-3H3;1-2H3;2*1H;/q2*-1;;;;+2/p-2. The van der Waals surface area contributed by atoms with Gasteiger partial charge in [0.2, 0.25) is 0 Å². The average Bonchev–Trinajstić information content (AvgIpc) is 3.57. The van der Waals surface area contributed by atoms with Gasteiger partial charge in [-0.2, -0.15) is 12.1 Å². The molecule has 6 aromatic rings. The second-order valence-corrected chi connectivity index (χ2v) is 29.5. The second kappa shape index (κ2) is 23.5. The summed E-state index contributed by atoms with van der Waals surface area (Å²) in [6.07, 6.45) is 19.7. The van der Waals surface area contributed by atoms with Crippen LogP contribution in [-0.2, 0) is 47.0 Å². The molecule has 0 unspecified atom stereocenters. The predicted molar refractivity (Wildman–Crippen MR) is 255 cm³/mol. The van der Waals surface area contributed by atoms with Crippen LogP contribution >= 0.6 is 0 Å². The van der Waals surface area contributed by atoms with Crippen LogP contribution in [0.15, 0.2) is 109 Å². The van der Waals surface area contributed by atoms with Crippen molar-refractivity contribution in [3.05, 3.63) is 131 Å². The number of fused-ring (bicyclic) bond motifs is 2. The quantitative estimate of drug-likeness (QED) is 0.0887. The largest absolute Gasteiger partial charge is 1.00 e. The average molecular weight is 935 g/mol. The molecule has 2 aliphatic carbocycles. The van der Waals surface area contributed by atoms with Crippen molar-refractivity contribution >= 4 is 27.0 Å². The Morgan fingerprint density at radius 3 is 1.12 bits per heavy atom. The maximum Gasteiger partial charge on any atom is -1.00 e. The molecule has 0 aliphatic heterocycles. The first-order valence-electron chi connectivity index (χ1n) is 22.8. The van der Waals surface area contributed by atoms with Gasteiger partial charge < -0.3 is 24.8 Å². The van der Waals surface area contributed by atoms with Gasteiger partial charge in [-0.25, -0.2) is 0 Å². The van der Waals surface area contributed by atoms with Gasteiger partial charge >= 0.3 is 41.9 Å². The Labute approximate surface area is 393 Å². The molecule has 8 rings (SSSR count). The fraction of sp³-hybridized carbons (Fsp3) is 0.464. The Kier molecular flexibility index (Phi) is 19.7. The van der Waals surface area contributed by atoms with E-state index in [1.54, 1.807) is 23.3 Å². The Balaban J connectivity index is 0.000000236. The molecule has 0 radical (unpaired) electrons. The zero-order valence-corrected chi connectivity index (χ0v) is 43.2. The number of benzene rings is 4. The summed E-state index contributed by atoms with van der Waals surface area (Å²) >= 11 is 1.74. The monoisotopic (exact) mass is 932 g/mol. The van der Waals surface area contributed by atoms with Gasteiger partial charge in [-0.1, -0.05) is 190 Å². The van der Waals surface area contributed by atoms with Crippen LogP contribution in [-0.4, -0.2) is 5.43 Å². The fourth-order valence-corrected chi connectivity index (χ4v) is 9.44. The molecule has 0 aromatic heterocycles. The van der Waals surface area contributed by atoms with E-state index in [4.69, 9.17) is 0 Å². The normalized spacial score (nSPS) is 15.4. The van der Waals surface area contributed by atoms with Gasteiger partial charge in [-0.15, -0.1) is 69.1 Å². The molecule has 0 N–H and O–H groups in total. The molecular formula is C56H72Cl2SiZr-2. The van der Waals surface area contributed by atoms with Crippen molar-refractivity contribution in [2.45, 2.75) is 155 Å². The van der Waals surface area contributed by atoms with Crippen LogP contribution in [0.4, 0.5) is 0 Å². The smallest absolute Gasteiger partial charge is 1.00 e. The molecule has 0 spiro atoms. The Morgan fingerprint density at radius 2 is 0.817 bits per heavy atom.